The van der Waals surface area contributed by atoms with Crippen LogP contribution in [0, 0.1) is 6.92 Å². The lowest BCUT2D eigenvalue weighted by molar-refractivity contribution is -0.697. The smallest absolute Gasteiger partial charge is 0.237 e. The highest BCUT2D eigenvalue weighted by atomic mass is 15.3. The lowest BCUT2D eigenvalue weighted by Gasteiger charge is -1.98. The van der Waals surface area contributed by atoms with Gasteiger partial charge >= 0.3 is 0 Å². The van der Waals surface area contributed by atoms with Crippen molar-refractivity contribution in [1.82, 2.24) is 9.78 Å². The van der Waals surface area contributed by atoms with E-state index in [2.05, 4.69) is 77.5 Å². The molecule has 0 bridgehead atoms. The Morgan fingerprint density at radius 3 is 2.48 bits per heavy atom. The molecule has 0 unspecified atom stereocenters. The van der Waals surface area contributed by atoms with Crippen LogP contribution in [0.15, 0.2) is 67.3 Å². The van der Waals surface area contributed by atoms with Crippen molar-refractivity contribution in [3.63, 3.8) is 0 Å². The Bertz CT molecular complexity index is 684. The van der Waals surface area contributed by atoms with E-state index in [1.54, 1.807) is 0 Å². The molecule has 3 rings (SSSR count). The Kier molecular flexibility index (Phi) is 4.10. The molecule has 0 atom stereocenters. The summed E-state index contributed by atoms with van der Waals surface area (Å²) in [6, 6.07) is 19.1. The maximum absolute atomic E-state index is 4.43. The highest BCUT2D eigenvalue weighted by Gasteiger charge is 2.06. The van der Waals surface area contributed by atoms with Gasteiger partial charge in [0.15, 0.2) is 0 Å². The molecule has 0 saturated heterocycles. The maximum Gasteiger partial charge on any atom is 0.265 e. The van der Waals surface area contributed by atoms with Crippen molar-refractivity contribution in [3.05, 3.63) is 83.9 Å². The SMILES string of the molecule is Cc1ccc(Cn2c[n+](CCc3ccccc3)cn2)cc1. The number of rotatable bonds is 5. The first-order valence-electron chi connectivity index (χ1n) is 7.30. The molecule has 1 aromatic heterocycles. The summed E-state index contributed by atoms with van der Waals surface area (Å²) in [4.78, 5) is 0. The third-order valence-corrected chi connectivity index (χ3v) is 3.60. The van der Waals surface area contributed by atoms with E-state index in [0.717, 1.165) is 19.5 Å². The van der Waals surface area contributed by atoms with Crippen LogP contribution >= 0.6 is 0 Å². The van der Waals surface area contributed by atoms with E-state index < -0.39 is 0 Å². The molecule has 106 valence electrons. The number of hydrogen-bond donors (Lipinski definition) is 0. The van der Waals surface area contributed by atoms with E-state index in [-0.39, 0.29) is 0 Å². The summed E-state index contributed by atoms with van der Waals surface area (Å²) >= 11 is 0. The molecule has 0 spiro atoms. The quantitative estimate of drug-likeness (QED) is 0.658. The second kappa shape index (κ2) is 6.35. The fourth-order valence-electron chi connectivity index (χ4n) is 2.34. The molecule has 0 aliphatic rings. The summed E-state index contributed by atoms with van der Waals surface area (Å²) in [6.07, 6.45) is 5.00. The van der Waals surface area contributed by atoms with E-state index in [1.165, 1.54) is 16.7 Å². The summed E-state index contributed by atoms with van der Waals surface area (Å²) < 4.78 is 4.12. The van der Waals surface area contributed by atoms with Crippen LogP contribution in [-0.4, -0.2) is 9.78 Å². The number of aryl methyl sites for hydroxylation is 3. The molecule has 0 saturated carbocycles. The average molecular weight is 278 g/mol. The van der Waals surface area contributed by atoms with Gasteiger partial charge in [0.05, 0.1) is 6.54 Å². The molecule has 3 nitrogen and oxygen atoms in total. The molecule has 0 aliphatic carbocycles. The van der Waals surface area contributed by atoms with Gasteiger partial charge in [-0.3, -0.25) is 0 Å². The van der Waals surface area contributed by atoms with Gasteiger partial charge in [0.2, 0.25) is 6.33 Å². The van der Waals surface area contributed by atoms with E-state index in [9.17, 15) is 0 Å². The van der Waals surface area contributed by atoms with Crippen molar-refractivity contribution in [1.29, 1.82) is 0 Å². The first-order valence-corrected chi connectivity index (χ1v) is 7.30. The van der Waals surface area contributed by atoms with Crippen LogP contribution < -0.4 is 4.57 Å². The summed E-state index contributed by atoms with van der Waals surface area (Å²) in [5, 5.41) is 4.43. The Balaban J connectivity index is 1.59. The third kappa shape index (κ3) is 3.78. The molecule has 3 heteroatoms. The minimum Gasteiger partial charge on any atom is -0.237 e. The van der Waals surface area contributed by atoms with Gasteiger partial charge in [-0.1, -0.05) is 60.2 Å². The first kappa shape index (κ1) is 13.6. The Morgan fingerprint density at radius 1 is 0.952 bits per heavy atom. The van der Waals surface area contributed by atoms with Crippen molar-refractivity contribution in [2.24, 2.45) is 0 Å². The van der Waals surface area contributed by atoms with Crippen LogP contribution in [0.2, 0.25) is 0 Å². The summed E-state index contributed by atoms with van der Waals surface area (Å²) in [5.41, 5.74) is 3.92. The van der Waals surface area contributed by atoms with Crippen LogP contribution in [-0.2, 0) is 19.5 Å². The Labute approximate surface area is 125 Å². The van der Waals surface area contributed by atoms with E-state index >= 15 is 0 Å². The standard InChI is InChI=1S/C18H20N3/c1-16-7-9-18(10-8-16)13-21-15-20(14-19-21)12-11-17-5-3-2-4-6-17/h2-10,14-15H,11-13H2,1H3/q+1. The van der Waals surface area contributed by atoms with Crippen LogP contribution in [0.3, 0.4) is 0 Å². The molecule has 3 aromatic rings. The van der Waals surface area contributed by atoms with E-state index in [0.29, 0.717) is 0 Å². The zero-order valence-corrected chi connectivity index (χ0v) is 12.3. The second-order valence-corrected chi connectivity index (χ2v) is 5.40. The highest BCUT2D eigenvalue weighted by Crippen LogP contribution is 2.04. The maximum atomic E-state index is 4.43. The molecule has 0 aliphatic heterocycles. The lowest BCUT2D eigenvalue weighted by Crippen LogP contribution is -2.32. The van der Waals surface area contributed by atoms with Crippen LogP contribution in [0.4, 0.5) is 0 Å². The molecular weight excluding hydrogens is 258 g/mol. The van der Waals surface area contributed by atoms with Crippen LogP contribution in [0.1, 0.15) is 16.7 Å². The fraction of sp³-hybridized carbons (Fsp3) is 0.222. The number of nitrogens with zero attached hydrogens (tertiary/aromatic N) is 3. The lowest BCUT2D eigenvalue weighted by atomic mass is 10.1. The molecule has 2 aromatic carbocycles. The largest absolute Gasteiger partial charge is 0.265 e. The van der Waals surface area contributed by atoms with Crippen molar-refractivity contribution < 1.29 is 4.57 Å². The number of benzene rings is 2. The molecule has 0 amide bonds. The zero-order chi connectivity index (χ0) is 14.5. The minimum absolute atomic E-state index is 0.818. The van der Waals surface area contributed by atoms with Crippen molar-refractivity contribution in [2.75, 3.05) is 0 Å². The number of aromatic nitrogens is 3. The predicted octanol–water partition coefficient (Wildman–Crippen LogP) is 2.77. The average Bonchev–Trinajstić information content (AvgIpc) is 2.96. The van der Waals surface area contributed by atoms with Crippen molar-refractivity contribution in [2.45, 2.75) is 26.4 Å². The normalized spacial score (nSPS) is 10.7. The van der Waals surface area contributed by atoms with Gasteiger partial charge in [-0.15, -0.1) is 4.68 Å². The van der Waals surface area contributed by atoms with Crippen LogP contribution in [0.25, 0.3) is 0 Å². The van der Waals surface area contributed by atoms with Crippen molar-refractivity contribution in [3.8, 4) is 0 Å². The second-order valence-electron chi connectivity index (χ2n) is 5.40. The van der Waals surface area contributed by atoms with Gasteiger partial charge in [0.25, 0.3) is 6.33 Å². The van der Waals surface area contributed by atoms with E-state index in [1.807, 2.05) is 11.0 Å². The monoisotopic (exact) mass is 278 g/mol. The van der Waals surface area contributed by atoms with Crippen LogP contribution in [0.5, 0.6) is 0 Å². The third-order valence-electron chi connectivity index (χ3n) is 3.60. The van der Waals surface area contributed by atoms with Gasteiger partial charge in [-0.25, -0.2) is 4.57 Å². The Morgan fingerprint density at radius 2 is 1.71 bits per heavy atom. The molecule has 1 heterocycles. The zero-order valence-electron chi connectivity index (χ0n) is 12.3. The summed E-state index contributed by atoms with van der Waals surface area (Å²) in [6.45, 7) is 3.88. The van der Waals surface area contributed by atoms with Crippen molar-refractivity contribution >= 4 is 0 Å². The van der Waals surface area contributed by atoms with Gasteiger partial charge in [-0.2, -0.15) is 0 Å². The molecule has 0 N–H and O–H groups in total. The van der Waals surface area contributed by atoms with Gasteiger partial charge in [0.1, 0.15) is 6.54 Å². The molecule has 0 fully saturated rings. The molecule has 0 radical (unpaired) electrons. The van der Waals surface area contributed by atoms with Gasteiger partial charge in [0, 0.05) is 11.5 Å². The van der Waals surface area contributed by atoms with Gasteiger partial charge in [-0.05, 0) is 18.1 Å². The predicted molar refractivity (Wildman–Crippen MR) is 82.8 cm³/mol. The molecular formula is C18H20N3+. The number of hydrogen-bond acceptors (Lipinski definition) is 1. The van der Waals surface area contributed by atoms with E-state index in [4.69, 9.17) is 0 Å². The highest BCUT2D eigenvalue weighted by molar-refractivity contribution is 5.21. The topological polar surface area (TPSA) is 21.7 Å². The molecule has 21 heavy (non-hydrogen) atoms. The Hall–Kier alpha value is -2.42. The summed E-state index contributed by atoms with van der Waals surface area (Å²) in [7, 11) is 0. The summed E-state index contributed by atoms with van der Waals surface area (Å²) in [5.74, 6) is 0. The fourth-order valence-corrected chi connectivity index (χ4v) is 2.34. The first-order chi connectivity index (χ1) is 10.3. The van der Waals surface area contributed by atoms with Gasteiger partial charge < -0.3 is 0 Å². The minimum atomic E-state index is 0.818.